The van der Waals surface area contributed by atoms with Crippen molar-refractivity contribution < 1.29 is 0 Å². The number of hydrogen-bond donors (Lipinski definition) is 0. The first-order valence-corrected chi connectivity index (χ1v) is 7.88. The maximum atomic E-state index is 6.59. The Balaban J connectivity index is 2.26. The summed E-state index contributed by atoms with van der Waals surface area (Å²) in [6, 6.07) is 17.7. The number of hydrogen-bond acceptors (Lipinski definition) is 1. The van der Waals surface area contributed by atoms with E-state index in [1.165, 1.54) is 5.56 Å². The lowest BCUT2D eigenvalue weighted by atomic mass is 10.0. The summed E-state index contributed by atoms with van der Waals surface area (Å²) in [5.74, 6) is 0. The molecule has 22 heavy (non-hydrogen) atoms. The number of halogens is 3. The molecule has 3 aromatic rings. The highest BCUT2D eigenvalue weighted by Gasteiger charge is 2.18. The summed E-state index contributed by atoms with van der Waals surface area (Å²) in [5, 5.41) is 1.12. The summed E-state index contributed by atoms with van der Waals surface area (Å²) >= 11 is 19.1. The van der Waals surface area contributed by atoms with E-state index >= 15 is 0 Å². The highest BCUT2D eigenvalue weighted by Crippen LogP contribution is 2.42. The molecule has 0 amide bonds. The average Bonchev–Trinajstić information content (AvgIpc) is 2.53. The summed E-state index contributed by atoms with van der Waals surface area (Å²) in [7, 11) is 0. The van der Waals surface area contributed by atoms with Crippen molar-refractivity contribution in [2.45, 2.75) is 6.92 Å². The molecule has 1 aromatic heterocycles. The Kier molecular flexibility index (Phi) is 4.39. The van der Waals surface area contributed by atoms with Crippen LogP contribution in [0.3, 0.4) is 0 Å². The molecule has 0 atom stereocenters. The number of rotatable bonds is 2. The van der Waals surface area contributed by atoms with Crippen LogP contribution in [0.1, 0.15) is 5.56 Å². The van der Waals surface area contributed by atoms with Gasteiger partial charge in [-0.1, -0.05) is 95.0 Å². The van der Waals surface area contributed by atoms with E-state index in [1.807, 2.05) is 61.5 Å². The highest BCUT2D eigenvalue weighted by molar-refractivity contribution is 6.46. The van der Waals surface area contributed by atoms with E-state index in [1.54, 1.807) is 0 Å². The van der Waals surface area contributed by atoms with E-state index in [9.17, 15) is 0 Å². The molecule has 0 unspecified atom stereocenters. The van der Waals surface area contributed by atoms with Crippen LogP contribution >= 0.6 is 34.8 Å². The highest BCUT2D eigenvalue weighted by atomic mass is 35.5. The second-order valence-electron chi connectivity index (χ2n) is 4.99. The molecule has 1 heterocycles. The molecule has 0 aliphatic heterocycles. The summed E-state index contributed by atoms with van der Waals surface area (Å²) in [6.07, 6.45) is 0. The van der Waals surface area contributed by atoms with Gasteiger partial charge in [0.05, 0.1) is 15.7 Å². The zero-order chi connectivity index (χ0) is 15.7. The molecular weight excluding hydrogens is 337 g/mol. The number of nitrogens with zero attached hydrogens (tertiary/aromatic N) is 1. The third kappa shape index (κ3) is 2.85. The van der Waals surface area contributed by atoms with Crippen LogP contribution in [-0.2, 0) is 0 Å². The SMILES string of the molecule is Cc1ccc(-c2nc(Cl)c(Cl)c(-c3ccccc3)c2Cl)cc1. The average molecular weight is 349 g/mol. The molecule has 4 heteroatoms. The van der Waals surface area contributed by atoms with Crippen LogP contribution in [0.4, 0.5) is 0 Å². The van der Waals surface area contributed by atoms with Gasteiger partial charge >= 0.3 is 0 Å². The zero-order valence-corrected chi connectivity index (χ0v) is 14.0. The molecule has 110 valence electrons. The van der Waals surface area contributed by atoms with Crippen LogP contribution in [-0.4, -0.2) is 4.98 Å². The van der Waals surface area contributed by atoms with Gasteiger partial charge < -0.3 is 0 Å². The van der Waals surface area contributed by atoms with Crippen molar-refractivity contribution in [1.29, 1.82) is 0 Å². The molecule has 0 N–H and O–H groups in total. The zero-order valence-electron chi connectivity index (χ0n) is 11.8. The largest absolute Gasteiger partial charge is 0.233 e. The van der Waals surface area contributed by atoms with Crippen LogP contribution in [0.5, 0.6) is 0 Å². The monoisotopic (exact) mass is 347 g/mol. The second kappa shape index (κ2) is 6.29. The Labute approximate surface area is 144 Å². The topological polar surface area (TPSA) is 12.9 Å². The van der Waals surface area contributed by atoms with E-state index in [2.05, 4.69) is 4.98 Å². The van der Waals surface area contributed by atoms with Gasteiger partial charge in [-0.2, -0.15) is 0 Å². The maximum Gasteiger partial charge on any atom is 0.149 e. The van der Waals surface area contributed by atoms with Crippen molar-refractivity contribution >= 4 is 34.8 Å². The molecule has 3 rings (SSSR count). The standard InChI is InChI=1S/C18H12Cl3N/c1-11-7-9-13(10-8-11)17-15(19)14(16(20)18(21)22-17)12-5-3-2-4-6-12/h2-10H,1H3. The molecule has 0 saturated heterocycles. The van der Waals surface area contributed by atoms with Crippen molar-refractivity contribution in [1.82, 2.24) is 4.98 Å². The van der Waals surface area contributed by atoms with Gasteiger partial charge in [0.25, 0.3) is 0 Å². The van der Waals surface area contributed by atoms with E-state index in [-0.39, 0.29) is 5.15 Å². The number of aromatic nitrogens is 1. The maximum absolute atomic E-state index is 6.59. The molecule has 1 nitrogen and oxygen atoms in total. The quantitative estimate of drug-likeness (QED) is 0.470. The van der Waals surface area contributed by atoms with Crippen molar-refractivity contribution in [2.75, 3.05) is 0 Å². The Morgan fingerprint density at radius 3 is 2.00 bits per heavy atom. The Hall–Kier alpha value is -1.54. The lowest BCUT2D eigenvalue weighted by Gasteiger charge is -2.13. The first-order chi connectivity index (χ1) is 10.6. The van der Waals surface area contributed by atoms with E-state index in [4.69, 9.17) is 34.8 Å². The summed E-state index contributed by atoms with van der Waals surface area (Å²) in [5.41, 5.74) is 4.33. The molecule has 0 aliphatic rings. The number of pyridine rings is 1. The minimum Gasteiger partial charge on any atom is -0.233 e. The van der Waals surface area contributed by atoms with Crippen LogP contribution in [0.25, 0.3) is 22.4 Å². The third-order valence-electron chi connectivity index (χ3n) is 3.43. The van der Waals surface area contributed by atoms with Gasteiger partial charge in [-0.3, -0.25) is 0 Å². The minimum atomic E-state index is 0.250. The Morgan fingerprint density at radius 2 is 1.36 bits per heavy atom. The fraction of sp³-hybridized carbons (Fsp3) is 0.0556. The molecule has 0 spiro atoms. The number of benzene rings is 2. The molecule has 0 aliphatic carbocycles. The lowest BCUT2D eigenvalue weighted by molar-refractivity contribution is 1.32. The second-order valence-corrected chi connectivity index (χ2v) is 6.10. The molecule has 0 saturated carbocycles. The van der Waals surface area contributed by atoms with Crippen molar-refractivity contribution in [3.05, 3.63) is 75.4 Å². The van der Waals surface area contributed by atoms with Gasteiger partial charge in [0.1, 0.15) is 5.15 Å². The molecule has 0 radical (unpaired) electrons. The van der Waals surface area contributed by atoms with Crippen LogP contribution in [0, 0.1) is 6.92 Å². The van der Waals surface area contributed by atoms with E-state index in [0.717, 1.165) is 11.1 Å². The van der Waals surface area contributed by atoms with Gasteiger partial charge in [0.2, 0.25) is 0 Å². The van der Waals surface area contributed by atoms with Gasteiger partial charge in [-0.05, 0) is 12.5 Å². The molecule has 0 fully saturated rings. The minimum absolute atomic E-state index is 0.250. The summed E-state index contributed by atoms with van der Waals surface area (Å²) in [6.45, 7) is 2.03. The summed E-state index contributed by atoms with van der Waals surface area (Å²) < 4.78 is 0. The normalized spacial score (nSPS) is 10.7. The fourth-order valence-corrected chi connectivity index (χ4v) is 3.10. The smallest absolute Gasteiger partial charge is 0.149 e. The molecule has 0 bridgehead atoms. The van der Waals surface area contributed by atoms with Gasteiger partial charge in [-0.25, -0.2) is 4.98 Å². The van der Waals surface area contributed by atoms with Crippen molar-refractivity contribution in [3.8, 4) is 22.4 Å². The molecule has 2 aromatic carbocycles. The van der Waals surface area contributed by atoms with Crippen LogP contribution in [0.2, 0.25) is 15.2 Å². The van der Waals surface area contributed by atoms with Crippen LogP contribution in [0.15, 0.2) is 54.6 Å². The predicted molar refractivity (Wildman–Crippen MR) is 94.9 cm³/mol. The van der Waals surface area contributed by atoms with E-state index in [0.29, 0.717) is 21.3 Å². The summed E-state index contributed by atoms with van der Waals surface area (Å²) in [4.78, 5) is 4.36. The van der Waals surface area contributed by atoms with Gasteiger partial charge in [0.15, 0.2) is 0 Å². The third-order valence-corrected chi connectivity index (χ3v) is 4.53. The predicted octanol–water partition coefficient (Wildman–Crippen LogP) is 6.68. The lowest BCUT2D eigenvalue weighted by Crippen LogP contribution is -1.92. The first kappa shape index (κ1) is 15.4. The van der Waals surface area contributed by atoms with Crippen molar-refractivity contribution in [2.24, 2.45) is 0 Å². The Morgan fingerprint density at radius 1 is 0.727 bits per heavy atom. The van der Waals surface area contributed by atoms with Crippen LogP contribution < -0.4 is 0 Å². The van der Waals surface area contributed by atoms with E-state index < -0.39 is 0 Å². The van der Waals surface area contributed by atoms with Gasteiger partial charge in [0, 0.05) is 11.1 Å². The fourth-order valence-electron chi connectivity index (χ4n) is 2.28. The van der Waals surface area contributed by atoms with Crippen molar-refractivity contribution in [3.63, 3.8) is 0 Å². The molecular formula is C18H12Cl3N. The van der Waals surface area contributed by atoms with Gasteiger partial charge in [-0.15, -0.1) is 0 Å². The first-order valence-electron chi connectivity index (χ1n) is 6.75. The Bertz CT molecular complexity index is 812. The number of aryl methyl sites for hydroxylation is 1.